The second-order valence-electron chi connectivity index (χ2n) is 4.80. The molecule has 0 aromatic carbocycles. The molecule has 5 heteroatoms. The average molecular weight is 243 g/mol. The van der Waals surface area contributed by atoms with Gasteiger partial charge in [-0.25, -0.2) is 4.68 Å². The quantitative estimate of drug-likeness (QED) is 0.829. The van der Waals surface area contributed by atoms with Crippen LogP contribution in [-0.2, 0) is 13.1 Å². The zero-order chi connectivity index (χ0) is 12.2. The van der Waals surface area contributed by atoms with Crippen LogP contribution < -0.4 is 5.32 Å². The summed E-state index contributed by atoms with van der Waals surface area (Å²) in [6.45, 7) is 2.59. The molecular formula is C13H17N5. The Morgan fingerprint density at radius 1 is 1.28 bits per heavy atom. The summed E-state index contributed by atoms with van der Waals surface area (Å²) < 4.78 is 1.83. The molecular weight excluding hydrogens is 226 g/mol. The van der Waals surface area contributed by atoms with Gasteiger partial charge in [0.25, 0.3) is 0 Å². The first-order valence-corrected chi connectivity index (χ1v) is 6.40. The molecule has 0 aliphatic heterocycles. The average Bonchev–Trinajstić information content (AvgIpc) is 3.11. The second-order valence-corrected chi connectivity index (χ2v) is 4.80. The number of nitrogens with one attached hydrogen (secondary N) is 1. The van der Waals surface area contributed by atoms with E-state index in [1.54, 1.807) is 6.20 Å². The Bertz CT molecular complexity index is 489. The van der Waals surface area contributed by atoms with E-state index in [-0.39, 0.29) is 0 Å². The molecule has 3 rings (SSSR count). The molecule has 0 saturated heterocycles. The summed E-state index contributed by atoms with van der Waals surface area (Å²) in [6, 6.07) is 5.89. The molecule has 0 spiro atoms. The van der Waals surface area contributed by atoms with E-state index in [2.05, 4.69) is 20.6 Å². The highest BCUT2D eigenvalue weighted by atomic mass is 15.4. The van der Waals surface area contributed by atoms with E-state index in [1.807, 2.05) is 29.1 Å². The zero-order valence-electron chi connectivity index (χ0n) is 10.3. The minimum atomic E-state index is 0.677. The van der Waals surface area contributed by atoms with Gasteiger partial charge in [0.1, 0.15) is 0 Å². The van der Waals surface area contributed by atoms with Gasteiger partial charge in [0.2, 0.25) is 0 Å². The first kappa shape index (κ1) is 11.3. The predicted octanol–water partition coefficient (Wildman–Crippen LogP) is 1.22. The van der Waals surface area contributed by atoms with Crippen LogP contribution in [0.1, 0.15) is 24.2 Å². The fourth-order valence-corrected chi connectivity index (χ4v) is 1.88. The summed E-state index contributed by atoms with van der Waals surface area (Å²) in [5.74, 6) is 0.897. The van der Waals surface area contributed by atoms with Crippen molar-refractivity contribution < 1.29 is 0 Å². The van der Waals surface area contributed by atoms with E-state index in [0.29, 0.717) is 6.54 Å². The van der Waals surface area contributed by atoms with Crippen LogP contribution in [0.2, 0.25) is 0 Å². The Balaban J connectivity index is 1.52. The molecule has 1 N–H and O–H groups in total. The van der Waals surface area contributed by atoms with Gasteiger partial charge in [-0.1, -0.05) is 11.3 Å². The molecule has 2 aromatic rings. The van der Waals surface area contributed by atoms with Crippen LogP contribution in [0.25, 0.3) is 0 Å². The van der Waals surface area contributed by atoms with Gasteiger partial charge in [-0.3, -0.25) is 4.98 Å². The lowest BCUT2D eigenvalue weighted by atomic mass is 10.3. The van der Waals surface area contributed by atoms with E-state index < -0.39 is 0 Å². The maximum atomic E-state index is 4.27. The molecule has 0 amide bonds. The van der Waals surface area contributed by atoms with Gasteiger partial charge < -0.3 is 5.32 Å². The van der Waals surface area contributed by atoms with Crippen LogP contribution in [0.5, 0.6) is 0 Å². The van der Waals surface area contributed by atoms with Crippen molar-refractivity contribution >= 4 is 0 Å². The second kappa shape index (κ2) is 5.27. The Labute approximate surface area is 106 Å². The fraction of sp³-hybridized carbons (Fsp3) is 0.462. The summed E-state index contributed by atoms with van der Waals surface area (Å²) in [5, 5.41) is 11.7. The summed E-state index contributed by atoms with van der Waals surface area (Å²) in [7, 11) is 0. The van der Waals surface area contributed by atoms with Crippen molar-refractivity contribution in [2.75, 3.05) is 6.54 Å². The van der Waals surface area contributed by atoms with Gasteiger partial charge >= 0.3 is 0 Å². The van der Waals surface area contributed by atoms with Gasteiger partial charge in [-0.05, 0) is 37.4 Å². The largest absolute Gasteiger partial charge is 0.311 e. The normalized spacial score (nSPS) is 14.9. The first-order chi connectivity index (χ1) is 8.90. The van der Waals surface area contributed by atoms with Gasteiger partial charge in [0, 0.05) is 12.7 Å². The van der Waals surface area contributed by atoms with Crippen molar-refractivity contribution in [3.05, 3.63) is 42.0 Å². The highest BCUT2D eigenvalue weighted by Crippen LogP contribution is 2.27. The fourth-order valence-electron chi connectivity index (χ4n) is 1.88. The summed E-state index contributed by atoms with van der Waals surface area (Å²) in [6.07, 6.45) is 6.53. The van der Waals surface area contributed by atoms with E-state index >= 15 is 0 Å². The molecule has 94 valence electrons. The van der Waals surface area contributed by atoms with Crippen molar-refractivity contribution in [3.63, 3.8) is 0 Å². The summed E-state index contributed by atoms with van der Waals surface area (Å²) >= 11 is 0. The lowest BCUT2D eigenvalue weighted by Crippen LogP contribution is -2.16. The molecule has 0 atom stereocenters. The van der Waals surface area contributed by atoms with Crippen LogP contribution in [0.3, 0.4) is 0 Å². The number of aromatic nitrogens is 4. The third-order valence-corrected chi connectivity index (χ3v) is 3.07. The Morgan fingerprint density at radius 3 is 3.00 bits per heavy atom. The Hall–Kier alpha value is -1.75. The zero-order valence-corrected chi connectivity index (χ0v) is 10.3. The van der Waals surface area contributed by atoms with Crippen molar-refractivity contribution in [3.8, 4) is 0 Å². The van der Waals surface area contributed by atoms with Gasteiger partial charge in [0.05, 0.1) is 24.1 Å². The van der Waals surface area contributed by atoms with Crippen molar-refractivity contribution in [2.24, 2.45) is 5.92 Å². The van der Waals surface area contributed by atoms with Gasteiger partial charge in [-0.15, -0.1) is 5.10 Å². The monoisotopic (exact) mass is 243 g/mol. The third kappa shape index (κ3) is 3.13. The molecule has 1 fully saturated rings. The lowest BCUT2D eigenvalue weighted by Gasteiger charge is -1.99. The van der Waals surface area contributed by atoms with E-state index in [4.69, 9.17) is 0 Å². The SMILES string of the molecule is c1ccc(Cn2cc(CNCC3CC3)nn2)nc1. The van der Waals surface area contributed by atoms with Crippen molar-refractivity contribution in [2.45, 2.75) is 25.9 Å². The smallest absolute Gasteiger partial charge is 0.0964 e. The first-order valence-electron chi connectivity index (χ1n) is 6.40. The van der Waals surface area contributed by atoms with Gasteiger partial charge in [0.15, 0.2) is 0 Å². The van der Waals surface area contributed by atoms with E-state index in [9.17, 15) is 0 Å². The molecule has 18 heavy (non-hydrogen) atoms. The third-order valence-electron chi connectivity index (χ3n) is 3.07. The van der Waals surface area contributed by atoms with Crippen LogP contribution in [0.4, 0.5) is 0 Å². The van der Waals surface area contributed by atoms with Crippen LogP contribution in [0, 0.1) is 5.92 Å². The van der Waals surface area contributed by atoms with Crippen molar-refractivity contribution in [1.29, 1.82) is 0 Å². The highest BCUT2D eigenvalue weighted by molar-refractivity contribution is 5.04. The molecule has 0 bridgehead atoms. The number of pyridine rings is 1. The molecule has 1 aliphatic carbocycles. The lowest BCUT2D eigenvalue weighted by molar-refractivity contribution is 0.625. The van der Waals surface area contributed by atoms with Crippen LogP contribution in [0.15, 0.2) is 30.6 Å². The number of nitrogens with zero attached hydrogens (tertiary/aromatic N) is 4. The van der Waals surface area contributed by atoms with E-state index in [1.165, 1.54) is 12.8 Å². The summed E-state index contributed by atoms with van der Waals surface area (Å²) in [5.41, 5.74) is 1.99. The molecule has 1 saturated carbocycles. The molecule has 2 heterocycles. The maximum Gasteiger partial charge on any atom is 0.0964 e. The minimum Gasteiger partial charge on any atom is -0.311 e. The number of rotatable bonds is 6. The number of hydrogen-bond donors (Lipinski definition) is 1. The highest BCUT2D eigenvalue weighted by Gasteiger charge is 2.20. The predicted molar refractivity (Wildman–Crippen MR) is 67.8 cm³/mol. The molecule has 5 nitrogen and oxygen atoms in total. The molecule has 1 aliphatic rings. The topological polar surface area (TPSA) is 55.6 Å². The molecule has 2 aromatic heterocycles. The van der Waals surface area contributed by atoms with Gasteiger partial charge in [-0.2, -0.15) is 0 Å². The van der Waals surface area contributed by atoms with Crippen LogP contribution >= 0.6 is 0 Å². The van der Waals surface area contributed by atoms with Crippen molar-refractivity contribution in [1.82, 2.24) is 25.3 Å². The summed E-state index contributed by atoms with van der Waals surface area (Å²) in [4.78, 5) is 4.27. The Kier molecular flexibility index (Phi) is 3.32. The minimum absolute atomic E-state index is 0.677. The van der Waals surface area contributed by atoms with E-state index in [0.717, 1.165) is 30.4 Å². The molecule has 0 radical (unpaired) electrons. The maximum absolute atomic E-state index is 4.27. The number of hydrogen-bond acceptors (Lipinski definition) is 4. The standard InChI is InChI=1S/C13H17N5/c1-2-6-15-12(3-1)9-18-10-13(16-17-18)8-14-7-11-4-5-11/h1-3,6,10-11,14H,4-5,7-9H2. The Morgan fingerprint density at radius 2 is 2.22 bits per heavy atom. The molecule has 0 unspecified atom stereocenters. The van der Waals surface area contributed by atoms with Crippen LogP contribution in [-0.4, -0.2) is 26.5 Å².